The second-order valence-electron chi connectivity index (χ2n) is 8.99. The lowest BCUT2D eigenvalue weighted by Crippen LogP contribution is -2.62. The minimum Gasteiger partial charge on any atom is -0.465 e. The number of hydrogen-bond donors (Lipinski definition) is 2. The van der Waals surface area contributed by atoms with Crippen LogP contribution in [0.1, 0.15) is 66.0 Å². The molecule has 4 fully saturated rings. The minimum atomic E-state index is -0.633. The Balaban J connectivity index is 1.28. The largest absolute Gasteiger partial charge is 0.465 e. The summed E-state index contributed by atoms with van der Waals surface area (Å²) in [5.74, 6) is 1.95. The molecule has 0 saturated heterocycles. The van der Waals surface area contributed by atoms with Gasteiger partial charge in [0, 0.05) is 11.1 Å². The number of rotatable bonds is 4. The van der Waals surface area contributed by atoms with Crippen molar-refractivity contribution in [3.8, 4) is 0 Å². The molecule has 0 aromatic carbocycles. The molecule has 4 saturated carbocycles. The molecule has 0 spiro atoms. The maximum Gasteiger partial charge on any atom is 0.342 e. The highest BCUT2D eigenvalue weighted by molar-refractivity contribution is 5.98. The summed E-state index contributed by atoms with van der Waals surface area (Å²) in [6.07, 6.45) is 6.87. The highest BCUT2D eigenvalue weighted by Gasteiger charge is 2.51. The molecule has 5 rings (SSSR count). The number of carbonyl (C=O) groups excluding carboxylic acids is 3. The van der Waals surface area contributed by atoms with Crippen molar-refractivity contribution in [2.24, 2.45) is 17.8 Å². The van der Waals surface area contributed by atoms with Gasteiger partial charge in [0.1, 0.15) is 17.1 Å². The number of aryl methyl sites for hydroxylation is 2. The van der Waals surface area contributed by atoms with Gasteiger partial charge in [0.05, 0.1) is 0 Å². The van der Waals surface area contributed by atoms with Crippen LogP contribution in [-0.2, 0) is 9.53 Å². The maximum absolute atomic E-state index is 12.4. The van der Waals surface area contributed by atoms with E-state index in [2.05, 4.69) is 10.6 Å². The van der Waals surface area contributed by atoms with E-state index in [0.717, 1.165) is 19.3 Å². The Morgan fingerprint density at radius 3 is 2.07 bits per heavy atom. The summed E-state index contributed by atoms with van der Waals surface area (Å²) in [5, 5.41) is 5.38. The van der Waals surface area contributed by atoms with Crippen LogP contribution in [-0.4, -0.2) is 30.1 Å². The van der Waals surface area contributed by atoms with Gasteiger partial charge in [-0.05, 0) is 77.0 Å². The molecule has 7 nitrogen and oxygen atoms in total. The first kappa shape index (κ1) is 19.0. The Morgan fingerprint density at radius 1 is 1.00 bits per heavy atom. The van der Waals surface area contributed by atoms with Crippen molar-refractivity contribution in [2.45, 2.75) is 64.8 Å². The molecule has 1 aromatic rings. The molecule has 1 heterocycles. The van der Waals surface area contributed by atoms with Crippen LogP contribution < -0.4 is 10.6 Å². The monoisotopic (exact) mass is 388 g/mol. The predicted molar refractivity (Wildman–Crippen MR) is 101 cm³/mol. The van der Waals surface area contributed by atoms with Gasteiger partial charge in [0.25, 0.3) is 5.91 Å². The van der Waals surface area contributed by atoms with Gasteiger partial charge >= 0.3 is 12.0 Å². The summed E-state index contributed by atoms with van der Waals surface area (Å²) < 4.78 is 10.5. The number of imide groups is 1. The van der Waals surface area contributed by atoms with E-state index < -0.39 is 24.5 Å². The molecule has 7 heteroatoms. The highest BCUT2D eigenvalue weighted by Crippen LogP contribution is 2.55. The SMILES string of the molecule is Cc1oc(C)c(C(=O)OCC(=O)NC(=O)NC23CC4CC(CC(C4)C2)C3)c1C. The normalized spacial score (nSPS) is 30.2. The second-order valence-corrected chi connectivity index (χ2v) is 8.99. The molecule has 0 atom stereocenters. The third-order valence-corrected chi connectivity index (χ3v) is 6.77. The van der Waals surface area contributed by atoms with Gasteiger partial charge in [-0.1, -0.05) is 0 Å². The van der Waals surface area contributed by atoms with Crippen molar-refractivity contribution in [1.82, 2.24) is 10.6 Å². The summed E-state index contributed by atoms with van der Waals surface area (Å²) in [6, 6.07) is -0.491. The van der Waals surface area contributed by atoms with Gasteiger partial charge in [-0.2, -0.15) is 0 Å². The highest BCUT2D eigenvalue weighted by atomic mass is 16.5. The van der Waals surface area contributed by atoms with Crippen molar-refractivity contribution in [2.75, 3.05) is 6.61 Å². The fraction of sp³-hybridized carbons (Fsp3) is 0.667. The minimum absolute atomic E-state index is 0.168. The van der Waals surface area contributed by atoms with E-state index in [-0.39, 0.29) is 5.54 Å². The Hall–Kier alpha value is -2.31. The number of hydrogen-bond acceptors (Lipinski definition) is 5. The summed E-state index contributed by atoms with van der Waals surface area (Å²) in [6.45, 7) is 4.70. The molecule has 4 bridgehead atoms. The second kappa shape index (κ2) is 6.94. The molecule has 0 unspecified atom stereocenters. The number of amides is 3. The first-order valence-electron chi connectivity index (χ1n) is 10.1. The van der Waals surface area contributed by atoms with E-state index in [1.165, 1.54) is 19.3 Å². The van der Waals surface area contributed by atoms with Gasteiger partial charge in [-0.3, -0.25) is 10.1 Å². The molecule has 28 heavy (non-hydrogen) atoms. The molecular formula is C21H28N2O5. The number of furan rings is 1. The summed E-state index contributed by atoms with van der Waals surface area (Å²) in [4.78, 5) is 36.7. The zero-order valence-electron chi connectivity index (χ0n) is 16.7. The van der Waals surface area contributed by atoms with E-state index in [4.69, 9.17) is 9.15 Å². The van der Waals surface area contributed by atoms with Gasteiger partial charge in [-0.25, -0.2) is 9.59 Å². The van der Waals surface area contributed by atoms with E-state index in [1.54, 1.807) is 20.8 Å². The van der Waals surface area contributed by atoms with E-state index in [1.807, 2.05) is 0 Å². The molecule has 2 N–H and O–H groups in total. The Morgan fingerprint density at radius 2 is 1.57 bits per heavy atom. The Bertz CT molecular complexity index is 790. The zero-order chi connectivity index (χ0) is 20.1. The first-order valence-corrected chi connectivity index (χ1v) is 10.1. The quantitative estimate of drug-likeness (QED) is 0.772. The fourth-order valence-corrected chi connectivity index (χ4v) is 6.00. The molecule has 152 valence electrons. The van der Waals surface area contributed by atoms with Crippen LogP contribution in [0.25, 0.3) is 0 Å². The third kappa shape index (κ3) is 3.54. The molecule has 3 amide bonds. The van der Waals surface area contributed by atoms with E-state index in [9.17, 15) is 14.4 Å². The van der Waals surface area contributed by atoms with Gasteiger partial charge in [0.15, 0.2) is 6.61 Å². The van der Waals surface area contributed by atoms with Gasteiger partial charge < -0.3 is 14.5 Å². The lowest BCUT2D eigenvalue weighted by Gasteiger charge is -2.56. The van der Waals surface area contributed by atoms with Crippen molar-refractivity contribution in [3.63, 3.8) is 0 Å². The van der Waals surface area contributed by atoms with Crippen molar-refractivity contribution < 1.29 is 23.5 Å². The fourth-order valence-electron chi connectivity index (χ4n) is 6.00. The molecule has 1 aromatic heterocycles. The number of ether oxygens (including phenoxy) is 1. The first-order chi connectivity index (χ1) is 13.2. The lowest BCUT2D eigenvalue weighted by atomic mass is 9.53. The Kier molecular flexibility index (Phi) is 4.71. The van der Waals surface area contributed by atoms with Crippen LogP contribution in [0.5, 0.6) is 0 Å². The van der Waals surface area contributed by atoms with Crippen LogP contribution in [0.15, 0.2) is 4.42 Å². The maximum atomic E-state index is 12.4. The van der Waals surface area contributed by atoms with Crippen LogP contribution in [0, 0.1) is 38.5 Å². The van der Waals surface area contributed by atoms with Gasteiger partial charge in [-0.15, -0.1) is 0 Å². The topological polar surface area (TPSA) is 97.6 Å². The summed E-state index contributed by atoms with van der Waals surface area (Å²) in [5.41, 5.74) is 0.865. The molecule has 0 radical (unpaired) electrons. The average molecular weight is 388 g/mol. The van der Waals surface area contributed by atoms with Crippen molar-refractivity contribution in [1.29, 1.82) is 0 Å². The predicted octanol–water partition coefficient (Wildman–Crippen LogP) is 3.16. The van der Waals surface area contributed by atoms with Crippen molar-refractivity contribution >= 4 is 17.9 Å². The van der Waals surface area contributed by atoms with Crippen LogP contribution in [0.4, 0.5) is 4.79 Å². The van der Waals surface area contributed by atoms with Crippen LogP contribution in [0.2, 0.25) is 0 Å². The van der Waals surface area contributed by atoms with Crippen LogP contribution >= 0.6 is 0 Å². The number of carbonyl (C=O) groups is 3. The molecule has 4 aliphatic carbocycles. The molecular weight excluding hydrogens is 360 g/mol. The van der Waals surface area contributed by atoms with Crippen molar-refractivity contribution in [3.05, 3.63) is 22.6 Å². The van der Waals surface area contributed by atoms with E-state index in [0.29, 0.717) is 40.4 Å². The summed E-state index contributed by atoms with van der Waals surface area (Å²) in [7, 11) is 0. The average Bonchev–Trinajstić information content (AvgIpc) is 2.83. The zero-order valence-corrected chi connectivity index (χ0v) is 16.7. The Labute approximate surface area is 164 Å². The summed E-state index contributed by atoms with van der Waals surface area (Å²) >= 11 is 0. The van der Waals surface area contributed by atoms with Gasteiger partial charge in [0.2, 0.25) is 0 Å². The molecule has 4 aliphatic rings. The number of nitrogens with one attached hydrogen (secondary N) is 2. The number of esters is 1. The lowest BCUT2D eigenvalue weighted by molar-refractivity contribution is -0.123. The number of urea groups is 1. The standard InChI is InChI=1S/C21H28N2O5/c1-11-12(2)28-13(3)18(11)19(25)27-10-17(24)22-20(26)23-21-7-14-4-15(8-21)6-16(5-14)9-21/h14-16H,4-10H2,1-3H3,(H2,22,23,24,26). The van der Waals surface area contributed by atoms with E-state index >= 15 is 0 Å². The van der Waals surface area contributed by atoms with Crippen LogP contribution in [0.3, 0.4) is 0 Å². The smallest absolute Gasteiger partial charge is 0.342 e. The third-order valence-electron chi connectivity index (χ3n) is 6.77. The molecule has 0 aliphatic heterocycles.